The first kappa shape index (κ1) is 17.4. The Bertz CT molecular complexity index is 530. The molecular weight excluding hydrogens is 322 g/mol. The number of halogens is 1. The number of benzene rings is 1. The Balaban J connectivity index is 1.64. The summed E-state index contributed by atoms with van der Waals surface area (Å²) in [5.74, 6) is 0.652. The largest absolute Gasteiger partial charge is 0.484 e. The summed E-state index contributed by atoms with van der Waals surface area (Å²) in [5.41, 5.74) is 7.74. The molecule has 0 spiro atoms. The lowest BCUT2D eigenvalue weighted by Crippen LogP contribution is -2.48. The first-order chi connectivity index (χ1) is 11.0. The van der Waals surface area contributed by atoms with Crippen LogP contribution in [0.15, 0.2) is 24.3 Å². The maximum absolute atomic E-state index is 11.9. The molecule has 1 fully saturated rings. The standard InChI is InChI=1S/C15H20ClN3O4/c16-12-1-3-13(4-2-12)22-10-14(20)18-19-7-5-11(6-8-19)9-23-15(17)21/h1-4,11H,5-10H2,(H2,17,21)(H,18,20). The Morgan fingerprint density at radius 1 is 1.26 bits per heavy atom. The predicted molar refractivity (Wildman–Crippen MR) is 84.9 cm³/mol. The Kier molecular flexibility index (Phi) is 6.49. The van der Waals surface area contributed by atoms with Crippen LogP contribution < -0.4 is 15.9 Å². The number of piperidine rings is 1. The van der Waals surface area contributed by atoms with Crippen LogP contribution in [0, 0.1) is 5.92 Å². The molecule has 1 aliphatic rings. The molecule has 1 heterocycles. The fourth-order valence-corrected chi connectivity index (χ4v) is 2.43. The number of amides is 2. The molecule has 126 valence electrons. The Hall–Kier alpha value is -1.99. The van der Waals surface area contributed by atoms with E-state index in [1.54, 1.807) is 24.3 Å². The molecule has 0 saturated carbocycles. The van der Waals surface area contributed by atoms with Crippen LogP contribution in [-0.2, 0) is 9.53 Å². The van der Waals surface area contributed by atoms with Crippen molar-refractivity contribution >= 4 is 23.6 Å². The van der Waals surface area contributed by atoms with Crippen molar-refractivity contribution in [1.82, 2.24) is 10.4 Å². The monoisotopic (exact) mass is 341 g/mol. The lowest BCUT2D eigenvalue weighted by molar-refractivity contribution is -0.128. The number of carbonyl (C=O) groups excluding carboxylic acids is 2. The molecule has 1 aromatic rings. The molecule has 7 nitrogen and oxygen atoms in total. The lowest BCUT2D eigenvalue weighted by atomic mass is 9.99. The summed E-state index contributed by atoms with van der Waals surface area (Å²) in [7, 11) is 0. The third-order valence-corrected chi connectivity index (χ3v) is 3.79. The molecule has 0 atom stereocenters. The number of rotatable bonds is 6. The number of hydrogen-bond donors (Lipinski definition) is 2. The molecule has 2 amide bonds. The van der Waals surface area contributed by atoms with E-state index in [0.29, 0.717) is 30.5 Å². The van der Waals surface area contributed by atoms with Gasteiger partial charge in [-0.3, -0.25) is 10.2 Å². The summed E-state index contributed by atoms with van der Waals surface area (Å²) in [4.78, 5) is 22.4. The molecule has 23 heavy (non-hydrogen) atoms. The normalized spacial score (nSPS) is 15.9. The number of hydrogen-bond acceptors (Lipinski definition) is 5. The highest BCUT2D eigenvalue weighted by Crippen LogP contribution is 2.17. The quantitative estimate of drug-likeness (QED) is 0.819. The molecule has 0 unspecified atom stereocenters. The van der Waals surface area contributed by atoms with Gasteiger partial charge in [-0.2, -0.15) is 0 Å². The fraction of sp³-hybridized carbons (Fsp3) is 0.467. The van der Waals surface area contributed by atoms with Crippen LogP contribution in [0.4, 0.5) is 4.79 Å². The number of hydrazine groups is 1. The van der Waals surface area contributed by atoms with Crippen LogP contribution >= 0.6 is 11.6 Å². The van der Waals surface area contributed by atoms with E-state index in [0.717, 1.165) is 12.8 Å². The SMILES string of the molecule is NC(=O)OCC1CCN(NC(=O)COc2ccc(Cl)cc2)CC1. The van der Waals surface area contributed by atoms with E-state index >= 15 is 0 Å². The van der Waals surface area contributed by atoms with Crippen LogP contribution in [0.3, 0.4) is 0 Å². The summed E-state index contributed by atoms with van der Waals surface area (Å²) in [6.07, 6.45) is 0.900. The van der Waals surface area contributed by atoms with Crippen molar-refractivity contribution in [2.45, 2.75) is 12.8 Å². The molecular formula is C15H20ClN3O4. The van der Waals surface area contributed by atoms with Gasteiger partial charge in [0.05, 0.1) is 6.61 Å². The van der Waals surface area contributed by atoms with E-state index in [2.05, 4.69) is 5.43 Å². The smallest absolute Gasteiger partial charge is 0.404 e. The second-order valence-electron chi connectivity index (χ2n) is 5.34. The number of nitrogens with zero attached hydrogens (tertiary/aromatic N) is 1. The van der Waals surface area contributed by atoms with Gasteiger partial charge in [-0.05, 0) is 43.0 Å². The van der Waals surface area contributed by atoms with Gasteiger partial charge in [0.25, 0.3) is 5.91 Å². The van der Waals surface area contributed by atoms with E-state index in [4.69, 9.17) is 26.8 Å². The molecule has 0 aliphatic carbocycles. The van der Waals surface area contributed by atoms with Gasteiger partial charge >= 0.3 is 6.09 Å². The zero-order valence-corrected chi connectivity index (χ0v) is 13.4. The molecule has 8 heteroatoms. The van der Waals surface area contributed by atoms with E-state index < -0.39 is 6.09 Å². The zero-order chi connectivity index (χ0) is 16.7. The molecule has 1 aromatic carbocycles. The van der Waals surface area contributed by atoms with Gasteiger partial charge in [-0.15, -0.1) is 0 Å². The second kappa shape index (κ2) is 8.59. The molecule has 0 aromatic heterocycles. The third kappa shape index (κ3) is 6.33. The number of carbonyl (C=O) groups is 2. The minimum absolute atomic E-state index is 0.0631. The minimum atomic E-state index is -0.750. The Morgan fingerprint density at radius 2 is 1.91 bits per heavy atom. The maximum Gasteiger partial charge on any atom is 0.404 e. The van der Waals surface area contributed by atoms with Gasteiger partial charge in [0.2, 0.25) is 0 Å². The molecule has 0 bridgehead atoms. The summed E-state index contributed by atoms with van der Waals surface area (Å²) < 4.78 is 10.2. The van der Waals surface area contributed by atoms with Crippen molar-refractivity contribution in [1.29, 1.82) is 0 Å². The van der Waals surface area contributed by atoms with Crippen LogP contribution in [0.25, 0.3) is 0 Å². The van der Waals surface area contributed by atoms with E-state index in [-0.39, 0.29) is 18.4 Å². The van der Waals surface area contributed by atoms with Gasteiger partial charge < -0.3 is 15.2 Å². The summed E-state index contributed by atoms with van der Waals surface area (Å²) in [6, 6.07) is 6.82. The average Bonchev–Trinajstić information content (AvgIpc) is 2.53. The van der Waals surface area contributed by atoms with Gasteiger partial charge in [0.15, 0.2) is 6.61 Å². The second-order valence-corrected chi connectivity index (χ2v) is 5.77. The van der Waals surface area contributed by atoms with Crippen molar-refractivity contribution in [2.24, 2.45) is 11.7 Å². The number of primary amides is 1. The molecule has 2 rings (SSSR count). The van der Waals surface area contributed by atoms with Crippen molar-refractivity contribution in [3.8, 4) is 5.75 Å². The van der Waals surface area contributed by atoms with Gasteiger partial charge in [-0.1, -0.05) is 11.6 Å². The number of nitrogens with one attached hydrogen (secondary N) is 1. The molecule has 0 radical (unpaired) electrons. The van der Waals surface area contributed by atoms with Crippen molar-refractivity contribution in [2.75, 3.05) is 26.3 Å². The van der Waals surface area contributed by atoms with E-state index in [9.17, 15) is 9.59 Å². The Morgan fingerprint density at radius 3 is 2.52 bits per heavy atom. The highest BCUT2D eigenvalue weighted by atomic mass is 35.5. The Labute approximate surface area is 139 Å². The summed E-state index contributed by atoms with van der Waals surface area (Å²) in [5, 5.41) is 2.46. The third-order valence-electron chi connectivity index (χ3n) is 3.54. The van der Waals surface area contributed by atoms with Crippen LogP contribution in [0.5, 0.6) is 5.75 Å². The summed E-state index contributed by atoms with van der Waals surface area (Å²) >= 11 is 5.78. The predicted octanol–water partition coefficient (Wildman–Crippen LogP) is 1.56. The first-order valence-corrected chi connectivity index (χ1v) is 7.76. The van der Waals surface area contributed by atoms with Crippen LogP contribution in [0.2, 0.25) is 5.02 Å². The molecule has 1 saturated heterocycles. The number of nitrogens with two attached hydrogens (primary N) is 1. The topological polar surface area (TPSA) is 93.9 Å². The van der Waals surface area contributed by atoms with E-state index in [1.807, 2.05) is 5.01 Å². The minimum Gasteiger partial charge on any atom is -0.484 e. The summed E-state index contributed by atoms with van der Waals surface area (Å²) in [6.45, 7) is 1.65. The fourth-order valence-electron chi connectivity index (χ4n) is 2.30. The van der Waals surface area contributed by atoms with E-state index in [1.165, 1.54) is 0 Å². The lowest BCUT2D eigenvalue weighted by Gasteiger charge is -2.31. The number of ether oxygens (including phenoxy) is 2. The van der Waals surface area contributed by atoms with Crippen molar-refractivity contribution < 1.29 is 19.1 Å². The molecule has 1 aliphatic heterocycles. The van der Waals surface area contributed by atoms with Gasteiger partial charge in [-0.25, -0.2) is 9.80 Å². The highest BCUT2D eigenvalue weighted by Gasteiger charge is 2.21. The maximum atomic E-state index is 11.9. The highest BCUT2D eigenvalue weighted by molar-refractivity contribution is 6.30. The zero-order valence-electron chi connectivity index (χ0n) is 12.7. The average molecular weight is 342 g/mol. The van der Waals surface area contributed by atoms with Crippen molar-refractivity contribution in [3.05, 3.63) is 29.3 Å². The first-order valence-electron chi connectivity index (χ1n) is 7.38. The van der Waals surface area contributed by atoms with Gasteiger partial charge in [0.1, 0.15) is 5.75 Å². The van der Waals surface area contributed by atoms with Crippen LogP contribution in [-0.4, -0.2) is 43.3 Å². The van der Waals surface area contributed by atoms with Crippen molar-refractivity contribution in [3.63, 3.8) is 0 Å². The van der Waals surface area contributed by atoms with Crippen LogP contribution in [0.1, 0.15) is 12.8 Å². The van der Waals surface area contributed by atoms with Gasteiger partial charge in [0, 0.05) is 18.1 Å². The molecule has 3 N–H and O–H groups in total.